The van der Waals surface area contributed by atoms with E-state index in [0.29, 0.717) is 0 Å². The zero-order valence-corrected chi connectivity index (χ0v) is 18.5. The number of benzene rings is 2. The molecule has 0 atom stereocenters. The summed E-state index contributed by atoms with van der Waals surface area (Å²) < 4.78 is 16.2. The zero-order valence-electron chi connectivity index (χ0n) is 18.5. The van der Waals surface area contributed by atoms with Crippen LogP contribution >= 0.6 is 0 Å². The van der Waals surface area contributed by atoms with Crippen molar-refractivity contribution in [1.29, 1.82) is 0 Å². The van der Waals surface area contributed by atoms with E-state index < -0.39 is 0 Å². The van der Waals surface area contributed by atoms with Gasteiger partial charge in [-0.3, -0.25) is 4.99 Å². The number of nitrogens with zero attached hydrogens (tertiary/aromatic N) is 2. The van der Waals surface area contributed by atoms with Gasteiger partial charge in [0.25, 0.3) is 0 Å². The minimum Gasteiger partial charge on any atom is -0.497 e. The lowest BCUT2D eigenvalue weighted by Crippen LogP contribution is -2.48. The van der Waals surface area contributed by atoms with Gasteiger partial charge in [-0.05, 0) is 48.2 Å². The first-order valence-electron chi connectivity index (χ1n) is 10.4. The van der Waals surface area contributed by atoms with Gasteiger partial charge in [0.05, 0.1) is 14.2 Å². The highest BCUT2D eigenvalue weighted by Crippen LogP contribution is 2.35. The molecule has 0 radical (unpaired) electrons. The van der Waals surface area contributed by atoms with Gasteiger partial charge in [0, 0.05) is 45.8 Å². The van der Waals surface area contributed by atoms with E-state index in [9.17, 15) is 0 Å². The van der Waals surface area contributed by atoms with Crippen LogP contribution in [0.4, 0.5) is 0 Å². The lowest BCUT2D eigenvalue weighted by atomic mass is 9.74. The van der Waals surface area contributed by atoms with Crippen LogP contribution in [-0.2, 0) is 16.7 Å². The van der Waals surface area contributed by atoms with Gasteiger partial charge < -0.3 is 24.4 Å². The van der Waals surface area contributed by atoms with Crippen molar-refractivity contribution in [3.63, 3.8) is 0 Å². The molecule has 0 unspecified atom stereocenters. The Hall–Kier alpha value is -2.73. The van der Waals surface area contributed by atoms with Crippen molar-refractivity contribution in [1.82, 2.24) is 10.2 Å². The second-order valence-electron chi connectivity index (χ2n) is 7.73. The summed E-state index contributed by atoms with van der Waals surface area (Å²) in [6.45, 7) is 3.12. The van der Waals surface area contributed by atoms with E-state index in [4.69, 9.17) is 14.2 Å². The Bertz CT molecular complexity index is 813. The predicted octanol–water partition coefficient (Wildman–Crippen LogP) is 3.46. The van der Waals surface area contributed by atoms with Gasteiger partial charge in [0.2, 0.25) is 0 Å². The van der Waals surface area contributed by atoms with Gasteiger partial charge in [-0.15, -0.1) is 0 Å². The first-order valence-corrected chi connectivity index (χ1v) is 10.4. The number of rotatable bonds is 7. The number of nitrogens with one attached hydrogen (secondary N) is 1. The molecule has 0 saturated carbocycles. The van der Waals surface area contributed by atoms with Crippen molar-refractivity contribution in [3.05, 3.63) is 59.7 Å². The molecule has 1 saturated heterocycles. The Labute approximate surface area is 179 Å². The lowest BCUT2D eigenvalue weighted by Gasteiger charge is -2.39. The number of ether oxygens (including phenoxy) is 3. The molecule has 1 fully saturated rings. The number of guanidine groups is 1. The molecule has 0 aliphatic carbocycles. The monoisotopic (exact) mass is 411 g/mol. The van der Waals surface area contributed by atoms with E-state index in [1.54, 1.807) is 14.2 Å². The van der Waals surface area contributed by atoms with Gasteiger partial charge in [0.1, 0.15) is 11.5 Å². The average molecular weight is 412 g/mol. The van der Waals surface area contributed by atoms with Gasteiger partial charge in [-0.1, -0.05) is 24.3 Å². The Kier molecular flexibility index (Phi) is 7.57. The zero-order chi connectivity index (χ0) is 21.4. The van der Waals surface area contributed by atoms with E-state index in [0.717, 1.165) is 56.6 Å². The molecule has 3 rings (SSSR count). The Morgan fingerprint density at radius 1 is 1.00 bits per heavy atom. The third-order valence-electron chi connectivity index (χ3n) is 5.89. The van der Waals surface area contributed by atoms with E-state index in [-0.39, 0.29) is 5.41 Å². The highest BCUT2D eigenvalue weighted by Gasteiger charge is 2.35. The van der Waals surface area contributed by atoms with Crippen LogP contribution in [0.15, 0.2) is 53.5 Å². The molecule has 0 spiro atoms. The van der Waals surface area contributed by atoms with Gasteiger partial charge in [-0.25, -0.2) is 0 Å². The maximum Gasteiger partial charge on any atom is 0.193 e. The van der Waals surface area contributed by atoms with E-state index in [2.05, 4.69) is 46.5 Å². The minimum atomic E-state index is 0.0153. The highest BCUT2D eigenvalue weighted by molar-refractivity contribution is 5.79. The first kappa shape index (κ1) is 22.0. The average Bonchev–Trinajstić information content (AvgIpc) is 2.80. The summed E-state index contributed by atoms with van der Waals surface area (Å²) in [5.41, 5.74) is 2.53. The second-order valence-corrected chi connectivity index (χ2v) is 7.73. The Balaban J connectivity index is 1.69. The van der Waals surface area contributed by atoms with Crippen LogP contribution in [0.25, 0.3) is 0 Å². The molecule has 6 heteroatoms. The van der Waals surface area contributed by atoms with Gasteiger partial charge in [-0.2, -0.15) is 0 Å². The van der Waals surface area contributed by atoms with Crippen molar-refractivity contribution in [2.45, 2.75) is 24.8 Å². The standard InChI is InChI=1S/C24H33N3O3/c1-25-23(27(2)17-19-5-9-21(28-3)10-6-19)26-18-24(13-15-30-16-14-24)20-7-11-22(29-4)12-8-20/h5-12H,13-18H2,1-4H3,(H,25,26). The summed E-state index contributed by atoms with van der Waals surface area (Å²) in [4.78, 5) is 6.65. The molecule has 1 N–H and O–H groups in total. The molecule has 162 valence electrons. The van der Waals surface area contributed by atoms with Crippen molar-refractivity contribution in [2.24, 2.45) is 4.99 Å². The summed E-state index contributed by atoms with van der Waals surface area (Å²) in [6.07, 6.45) is 1.96. The molecule has 0 bridgehead atoms. The molecular weight excluding hydrogens is 378 g/mol. The smallest absolute Gasteiger partial charge is 0.193 e. The Morgan fingerprint density at radius 2 is 1.57 bits per heavy atom. The molecule has 0 aromatic heterocycles. The van der Waals surface area contributed by atoms with Crippen molar-refractivity contribution < 1.29 is 14.2 Å². The van der Waals surface area contributed by atoms with Crippen LogP contribution in [0.5, 0.6) is 11.5 Å². The van der Waals surface area contributed by atoms with Crippen molar-refractivity contribution in [2.75, 3.05) is 48.1 Å². The number of hydrogen-bond donors (Lipinski definition) is 1. The molecule has 2 aromatic rings. The highest BCUT2D eigenvalue weighted by atomic mass is 16.5. The summed E-state index contributed by atoms with van der Waals surface area (Å²) in [5, 5.41) is 3.61. The van der Waals surface area contributed by atoms with E-state index in [1.807, 2.05) is 31.3 Å². The summed E-state index contributed by atoms with van der Waals surface area (Å²) in [5.74, 6) is 2.62. The molecule has 30 heavy (non-hydrogen) atoms. The molecule has 0 amide bonds. The maximum atomic E-state index is 5.67. The third kappa shape index (κ3) is 5.25. The van der Waals surface area contributed by atoms with E-state index in [1.165, 1.54) is 11.1 Å². The topological polar surface area (TPSA) is 55.3 Å². The SMILES string of the molecule is CN=C(NCC1(c2ccc(OC)cc2)CCOCC1)N(C)Cc1ccc(OC)cc1. The number of methoxy groups -OCH3 is 2. The molecule has 1 aliphatic rings. The van der Waals surface area contributed by atoms with Crippen LogP contribution in [0.3, 0.4) is 0 Å². The van der Waals surface area contributed by atoms with Crippen LogP contribution in [-0.4, -0.2) is 58.9 Å². The van der Waals surface area contributed by atoms with Crippen molar-refractivity contribution >= 4 is 5.96 Å². The maximum absolute atomic E-state index is 5.67. The quantitative estimate of drug-likeness (QED) is 0.559. The second kappa shape index (κ2) is 10.3. The fourth-order valence-corrected chi connectivity index (χ4v) is 3.99. The Morgan fingerprint density at radius 3 is 2.10 bits per heavy atom. The van der Waals surface area contributed by atoms with Crippen LogP contribution < -0.4 is 14.8 Å². The summed E-state index contributed by atoms with van der Waals surface area (Å²) >= 11 is 0. The summed E-state index contributed by atoms with van der Waals surface area (Å²) in [6, 6.07) is 16.6. The lowest BCUT2D eigenvalue weighted by molar-refractivity contribution is 0.0512. The van der Waals surface area contributed by atoms with Gasteiger partial charge >= 0.3 is 0 Å². The number of hydrogen-bond acceptors (Lipinski definition) is 4. The normalized spacial score (nSPS) is 16.1. The van der Waals surface area contributed by atoms with Crippen molar-refractivity contribution in [3.8, 4) is 11.5 Å². The predicted molar refractivity (Wildman–Crippen MR) is 121 cm³/mol. The minimum absolute atomic E-state index is 0.0153. The van der Waals surface area contributed by atoms with Crippen LogP contribution in [0.1, 0.15) is 24.0 Å². The molecular formula is C24H33N3O3. The summed E-state index contributed by atoms with van der Waals surface area (Å²) in [7, 11) is 7.27. The molecule has 1 aliphatic heterocycles. The third-order valence-corrected chi connectivity index (χ3v) is 5.89. The van der Waals surface area contributed by atoms with Gasteiger partial charge in [0.15, 0.2) is 5.96 Å². The molecule has 2 aromatic carbocycles. The van der Waals surface area contributed by atoms with Crippen LogP contribution in [0.2, 0.25) is 0 Å². The fraction of sp³-hybridized carbons (Fsp3) is 0.458. The molecule has 1 heterocycles. The largest absolute Gasteiger partial charge is 0.497 e. The first-order chi connectivity index (χ1) is 14.6. The van der Waals surface area contributed by atoms with Crippen LogP contribution in [0, 0.1) is 0 Å². The molecule has 6 nitrogen and oxygen atoms in total. The van der Waals surface area contributed by atoms with E-state index >= 15 is 0 Å². The fourth-order valence-electron chi connectivity index (χ4n) is 3.99. The number of aliphatic imine (C=N–C) groups is 1.